The molecule has 1 atom stereocenters. The molecule has 2 aromatic rings. The fraction of sp³-hybridized carbons (Fsp3) is 0.222. The molecule has 2 rings (SSSR count). The molecule has 0 radical (unpaired) electrons. The number of rotatable bonds is 6. The number of halogens is 1. The highest BCUT2D eigenvalue weighted by atomic mass is 19.1. The van der Waals surface area contributed by atoms with Crippen LogP contribution in [-0.4, -0.2) is 32.5 Å². The fourth-order valence-electron chi connectivity index (χ4n) is 2.37. The minimum atomic E-state index is -0.385. The minimum absolute atomic E-state index is 0.128. The lowest BCUT2D eigenvalue weighted by atomic mass is 10.1. The Kier molecular flexibility index (Phi) is 6.03. The van der Waals surface area contributed by atoms with Crippen LogP contribution in [0, 0.1) is 5.82 Å². The molecule has 2 aromatic carbocycles. The summed E-state index contributed by atoms with van der Waals surface area (Å²) < 4.78 is 13.1. The van der Waals surface area contributed by atoms with E-state index in [0.29, 0.717) is 17.8 Å². The predicted octanol–water partition coefficient (Wildman–Crippen LogP) is 0.839. The monoisotopic (exact) mass is 330 g/mol. The van der Waals surface area contributed by atoms with Crippen LogP contribution in [0.15, 0.2) is 48.5 Å². The number of carbonyl (C=O) groups excluding carboxylic acids is 2. The summed E-state index contributed by atoms with van der Waals surface area (Å²) in [5.74, 6) is -0.693. The molecule has 3 N–H and O–H groups in total. The summed E-state index contributed by atoms with van der Waals surface area (Å²) in [6.07, 6.45) is 0. The number of quaternary nitrogens is 1. The van der Waals surface area contributed by atoms with Crippen LogP contribution < -0.4 is 15.5 Å². The van der Waals surface area contributed by atoms with Crippen molar-refractivity contribution in [2.24, 2.45) is 0 Å². The molecule has 0 aromatic heterocycles. The molecule has 5 nitrogen and oxygen atoms in total. The lowest BCUT2D eigenvalue weighted by molar-refractivity contribution is -0.885. The van der Waals surface area contributed by atoms with Gasteiger partial charge in [0.1, 0.15) is 12.4 Å². The molecule has 24 heavy (non-hydrogen) atoms. The van der Waals surface area contributed by atoms with Crippen LogP contribution in [0.5, 0.6) is 0 Å². The maximum Gasteiger partial charge on any atom is 0.279 e. The summed E-state index contributed by atoms with van der Waals surface area (Å²) in [5, 5.41) is 5.25. The first-order valence-electron chi connectivity index (χ1n) is 7.65. The van der Waals surface area contributed by atoms with Crippen molar-refractivity contribution in [3.63, 3.8) is 0 Å². The number of nitrogens with one attached hydrogen (secondary N) is 3. The summed E-state index contributed by atoms with van der Waals surface area (Å²) in [6, 6.07) is 13.1. The van der Waals surface area contributed by atoms with Crippen molar-refractivity contribution in [3.05, 3.63) is 65.5 Å². The summed E-state index contributed by atoms with van der Waals surface area (Å²) in [6.45, 7) is 0.901. The van der Waals surface area contributed by atoms with Gasteiger partial charge in [-0.1, -0.05) is 18.2 Å². The molecule has 0 spiro atoms. The number of likely N-dealkylation sites (N-methyl/N-ethyl adjacent to an activating group) is 1. The van der Waals surface area contributed by atoms with Gasteiger partial charge in [-0.3, -0.25) is 9.59 Å². The van der Waals surface area contributed by atoms with Gasteiger partial charge in [-0.15, -0.1) is 0 Å². The third-order valence-electron chi connectivity index (χ3n) is 3.52. The maximum atomic E-state index is 13.1. The van der Waals surface area contributed by atoms with E-state index in [9.17, 15) is 14.0 Å². The quantitative estimate of drug-likeness (QED) is 0.735. The Labute approximate surface area is 140 Å². The second kappa shape index (κ2) is 8.21. The summed E-state index contributed by atoms with van der Waals surface area (Å²) in [5.41, 5.74) is 2.07. The van der Waals surface area contributed by atoms with Crippen molar-refractivity contribution in [2.75, 3.05) is 26.0 Å². The van der Waals surface area contributed by atoms with Gasteiger partial charge in [-0.25, -0.2) is 4.39 Å². The van der Waals surface area contributed by atoms with Gasteiger partial charge < -0.3 is 15.5 Å². The molecule has 126 valence electrons. The van der Waals surface area contributed by atoms with E-state index in [1.807, 2.05) is 19.2 Å². The number of anilines is 1. The van der Waals surface area contributed by atoms with Crippen molar-refractivity contribution in [3.8, 4) is 0 Å². The van der Waals surface area contributed by atoms with E-state index >= 15 is 0 Å². The van der Waals surface area contributed by atoms with E-state index in [1.54, 1.807) is 31.3 Å². The van der Waals surface area contributed by atoms with Gasteiger partial charge in [-0.2, -0.15) is 0 Å². The Bertz CT molecular complexity index is 716. The van der Waals surface area contributed by atoms with Crippen molar-refractivity contribution in [2.45, 2.75) is 6.54 Å². The lowest BCUT2D eigenvalue weighted by Gasteiger charge is -2.14. The summed E-state index contributed by atoms with van der Waals surface area (Å²) in [4.78, 5) is 24.5. The van der Waals surface area contributed by atoms with E-state index in [1.165, 1.54) is 12.1 Å². The minimum Gasteiger partial charge on any atom is -0.355 e. The van der Waals surface area contributed by atoms with E-state index in [-0.39, 0.29) is 24.2 Å². The van der Waals surface area contributed by atoms with Crippen molar-refractivity contribution < 1.29 is 18.9 Å². The Morgan fingerprint density at radius 1 is 1.12 bits per heavy atom. The highest BCUT2D eigenvalue weighted by molar-refractivity contribution is 5.94. The Balaban J connectivity index is 1.87. The first-order chi connectivity index (χ1) is 11.5. The normalized spacial score (nSPS) is 11.6. The van der Waals surface area contributed by atoms with Crippen LogP contribution in [0.2, 0.25) is 0 Å². The molecule has 0 bridgehead atoms. The number of benzene rings is 2. The van der Waals surface area contributed by atoms with E-state index in [2.05, 4.69) is 10.6 Å². The number of hydrogen-bond acceptors (Lipinski definition) is 2. The second-order valence-electron chi connectivity index (χ2n) is 5.65. The SMILES string of the molecule is CNC(=O)c1ccc(C[NH+](C)CC(=O)Nc2cccc(F)c2)cc1. The first kappa shape index (κ1) is 17.6. The molecule has 0 aliphatic carbocycles. The van der Waals surface area contributed by atoms with Gasteiger partial charge in [0, 0.05) is 23.9 Å². The van der Waals surface area contributed by atoms with Gasteiger partial charge in [0.05, 0.1) is 7.05 Å². The topological polar surface area (TPSA) is 62.6 Å². The van der Waals surface area contributed by atoms with Crippen LogP contribution >= 0.6 is 0 Å². The van der Waals surface area contributed by atoms with Gasteiger partial charge >= 0.3 is 0 Å². The molecule has 0 saturated carbocycles. The van der Waals surface area contributed by atoms with E-state index < -0.39 is 0 Å². The zero-order chi connectivity index (χ0) is 17.5. The van der Waals surface area contributed by atoms with Crippen LogP contribution in [0.3, 0.4) is 0 Å². The average Bonchev–Trinajstić information content (AvgIpc) is 2.54. The molecule has 1 unspecified atom stereocenters. The standard InChI is InChI=1S/C18H20FN3O2/c1-20-18(24)14-8-6-13(7-9-14)11-22(2)12-17(23)21-16-5-3-4-15(19)10-16/h3-10H,11-12H2,1-2H3,(H,20,24)(H,21,23)/p+1. The number of hydrogen-bond donors (Lipinski definition) is 3. The van der Waals surface area contributed by atoms with Crippen LogP contribution in [-0.2, 0) is 11.3 Å². The average molecular weight is 330 g/mol. The highest BCUT2D eigenvalue weighted by Crippen LogP contribution is 2.08. The maximum absolute atomic E-state index is 13.1. The molecule has 2 amide bonds. The number of carbonyl (C=O) groups is 2. The largest absolute Gasteiger partial charge is 0.355 e. The fourth-order valence-corrected chi connectivity index (χ4v) is 2.37. The van der Waals surface area contributed by atoms with Gasteiger partial charge in [-0.05, 0) is 30.3 Å². The molecule has 0 aliphatic heterocycles. The lowest BCUT2D eigenvalue weighted by Crippen LogP contribution is -3.08. The number of amides is 2. The van der Waals surface area contributed by atoms with Crippen LogP contribution in [0.4, 0.5) is 10.1 Å². The zero-order valence-electron chi connectivity index (χ0n) is 13.7. The highest BCUT2D eigenvalue weighted by Gasteiger charge is 2.12. The molecule has 0 heterocycles. The van der Waals surface area contributed by atoms with Crippen LogP contribution in [0.25, 0.3) is 0 Å². The molecular weight excluding hydrogens is 309 g/mol. The second-order valence-corrected chi connectivity index (χ2v) is 5.65. The summed E-state index contributed by atoms with van der Waals surface area (Å²) in [7, 11) is 3.49. The molecule has 0 fully saturated rings. The smallest absolute Gasteiger partial charge is 0.279 e. The van der Waals surface area contributed by atoms with Crippen molar-refractivity contribution in [1.29, 1.82) is 0 Å². The Morgan fingerprint density at radius 2 is 1.83 bits per heavy atom. The third kappa shape index (κ3) is 5.17. The van der Waals surface area contributed by atoms with Gasteiger partial charge in [0.25, 0.3) is 11.8 Å². The van der Waals surface area contributed by atoms with Gasteiger partial charge in [0.15, 0.2) is 6.54 Å². The Hall–Kier alpha value is -2.73. The molecule has 0 aliphatic rings. The van der Waals surface area contributed by atoms with Gasteiger partial charge in [0.2, 0.25) is 0 Å². The predicted molar refractivity (Wildman–Crippen MR) is 90.3 cm³/mol. The zero-order valence-corrected chi connectivity index (χ0v) is 13.7. The van der Waals surface area contributed by atoms with E-state index in [0.717, 1.165) is 10.5 Å². The third-order valence-corrected chi connectivity index (χ3v) is 3.52. The van der Waals surface area contributed by atoms with E-state index in [4.69, 9.17) is 0 Å². The molecular formula is C18H21FN3O2+. The Morgan fingerprint density at radius 3 is 2.46 bits per heavy atom. The van der Waals surface area contributed by atoms with Crippen molar-refractivity contribution >= 4 is 17.5 Å². The molecule has 6 heteroatoms. The molecule has 0 saturated heterocycles. The first-order valence-corrected chi connectivity index (χ1v) is 7.65. The van der Waals surface area contributed by atoms with Crippen molar-refractivity contribution in [1.82, 2.24) is 5.32 Å². The van der Waals surface area contributed by atoms with Crippen LogP contribution in [0.1, 0.15) is 15.9 Å². The summed E-state index contributed by atoms with van der Waals surface area (Å²) >= 11 is 0.